The molecule has 4 aliphatic heterocycles. The number of carbonyl (C=O) groups is 4. The number of ether oxygens (including phenoxy) is 1. The van der Waals surface area contributed by atoms with Gasteiger partial charge in [-0.1, -0.05) is 12.1 Å². The largest absolute Gasteiger partial charge is 0.497 e. The highest BCUT2D eigenvalue weighted by Crippen LogP contribution is 2.38. The minimum atomic E-state index is -0.814. The molecule has 2 unspecified atom stereocenters. The van der Waals surface area contributed by atoms with Crippen LogP contribution in [-0.4, -0.2) is 83.8 Å². The molecule has 0 spiro atoms. The molecule has 34 heavy (non-hydrogen) atoms. The van der Waals surface area contributed by atoms with Crippen LogP contribution in [0.2, 0.25) is 0 Å². The number of amides is 5. The minimum Gasteiger partial charge on any atom is -0.497 e. The van der Waals surface area contributed by atoms with E-state index in [0.717, 1.165) is 37.1 Å². The second-order valence-corrected chi connectivity index (χ2v) is 9.96. The summed E-state index contributed by atoms with van der Waals surface area (Å²) in [6.07, 6.45) is 4.13. The SMILES string of the molecule is COc1ccc(CCN2C(=O)NC(CC(=O)N3C[C@H]4C[C@@H](C3)C3CCCC(=O)N3C4)C2=O)cc1. The Morgan fingerprint density at radius 2 is 1.91 bits per heavy atom. The molecule has 1 N–H and O–H groups in total. The van der Waals surface area contributed by atoms with Crippen LogP contribution in [0, 0.1) is 11.8 Å². The molecule has 182 valence electrons. The van der Waals surface area contributed by atoms with Crippen molar-refractivity contribution >= 4 is 23.8 Å². The average Bonchev–Trinajstić information content (AvgIpc) is 3.10. The predicted molar refractivity (Wildman–Crippen MR) is 123 cm³/mol. The first-order valence-electron chi connectivity index (χ1n) is 12.2. The van der Waals surface area contributed by atoms with E-state index in [4.69, 9.17) is 4.74 Å². The van der Waals surface area contributed by atoms with Crippen LogP contribution in [0.15, 0.2) is 24.3 Å². The van der Waals surface area contributed by atoms with E-state index in [1.807, 2.05) is 34.1 Å². The lowest BCUT2D eigenvalue weighted by Crippen LogP contribution is -2.61. The molecule has 0 aliphatic carbocycles. The summed E-state index contributed by atoms with van der Waals surface area (Å²) in [6, 6.07) is 6.49. The van der Waals surface area contributed by atoms with Crippen LogP contribution in [0.1, 0.15) is 37.7 Å². The number of nitrogens with zero attached hydrogens (tertiary/aromatic N) is 3. The number of rotatable bonds is 6. The summed E-state index contributed by atoms with van der Waals surface area (Å²) in [5, 5.41) is 2.70. The van der Waals surface area contributed by atoms with Gasteiger partial charge in [0.15, 0.2) is 0 Å². The van der Waals surface area contributed by atoms with Crippen molar-refractivity contribution in [1.82, 2.24) is 20.0 Å². The second kappa shape index (κ2) is 9.27. The summed E-state index contributed by atoms with van der Waals surface area (Å²) in [4.78, 5) is 55.9. The van der Waals surface area contributed by atoms with E-state index in [2.05, 4.69) is 5.32 Å². The van der Waals surface area contributed by atoms with Crippen LogP contribution in [0.4, 0.5) is 4.79 Å². The van der Waals surface area contributed by atoms with E-state index in [1.54, 1.807) is 7.11 Å². The fourth-order valence-electron chi connectivity index (χ4n) is 6.08. The Morgan fingerprint density at radius 1 is 1.12 bits per heavy atom. The number of urea groups is 1. The van der Waals surface area contributed by atoms with Crippen molar-refractivity contribution < 1.29 is 23.9 Å². The van der Waals surface area contributed by atoms with E-state index in [-0.39, 0.29) is 42.6 Å². The van der Waals surface area contributed by atoms with Gasteiger partial charge in [0.1, 0.15) is 11.8 Å². The molecule has 2 bridgehead atoms. The summed E-state index contributed by atoms with van der Waals surface area (Å²) in [5.41, 5.74) is 0.996. The summed E-state index contributed by atoms with van der Waals surface area (Å²) in [5.74, 6) is 1.15. The van der Waals surface area contributed by atoms with Gasteiger partial charge in [-0.25, -0.2) is 4.79 Å². The zero-order valence-corrected chi connectivity index (χ0v) is 19.6. The molecular weight excluding hydrogens is 436 g/mol. The maximum Gasteiger partial charge on any atom is 0.324 e. The molecule has 0 saturated carbocycles. The monoisotopic (exact) mass is 468 g/mol. The normalized spacial score (nSPS) is 28.6. The lowest BCUT2D eigenvalue weighted by molar-refractivity contribution is -0.149. The highest BCUT2D eigenvalue weighted by atomic mass is 16.5. The molecule has 9 nitrogen and oxygen atoms in total. The molecule has 1 aromatic rings. The van der Waals surface area contributed by atoms with E-state index < -0.39 is 12.1 Å². The molecule has 0 aromatic heterocycles. The number of hydrogen-bond donors (Lipinski definition) is 1. The first-order chi connectivity index (χ1) is 16.4. The van der Waals surface area contributed by atoms with Gasteiger partial charge in [-0.05, 0) is 55.2 Å². The number of fused-ring (bicyclic) bond motifs is 4. The van der Waals surface area contributed by atoms with Gasteiger partial charge in [0.25, 0.3) is 5.91 Å². The van der Waals surface area contributed by atoms with Crippen LogP contribution < -0.4 is 10.1 Å². The Balaban J connectivity index is 1.16. The van der Waals surface area contributed by atoms with E-state index in [9.17, 15) is 19.2 Å². The van der Waals surface area contributed by atoms with Crippen molar-refractivity contribution in [2.24, 2.45) is 11.8 Å². The zero-order valence-electron chi connectivity index (χ0n) is 19.6. The van der Waals surface area contributed by atoms with Crippen molar-refractivity contribution in [3.8, 4) is 5.75 Å². The third kappa shape index (κ3) is 4.35. The van der Waals surface area contributed by atoms with Gasteiger partial charge in [0.2, 0.25) is 11.8 Å². The molecule has 5 amide bonds. The number of piperidine rings is 3. The summed E-state index contributed by atoms with van der Waals surface area (Å²) >= 11 is 0. The molecule has 5 rings (SSSR count). The first kappa shape index (κ1) is 22.7. The van der Waals surface area contributed by atoms with Crippen molar-refractivity contribution in [3.05, 3.63) is 29.8 Å². The van der Waals surface area contributed by atoms with Gasteiger partial charge in [0, 0.05) is 38.6 Å². The Hall–Kier alpha value is -3.10. The Morgan fingerprint density at radius 3 is 2.68 bits per heavy atom. The zero-order chi connectivity index (χ0) is 23.8. The molecule has 4 atom stereocenters. The molecule has 4 saturated heterocycles. The lowest BCUT2D eigenvalue weighted by Gasteiger charge is -2.52. The third-order valence-corrected chi connectivity index (χ3v) is 7.80. The van der Waals surface area contributed by atoms with E-state index >= 15 is 0 Å². The van der Waals surface area contributed by atoms with Gasteiger partial charge < -0.3 is 19.9 Å². The van der Waals surface area contributed by atoms with Crippen LogP contribution in [0.5, 0.6) is 5.75 Å². The van der Waals surface area contributed by atoms with Gasteiger partial charge in [-0.15, -0.1) is 0 Å². The highest BCUT2D eigenvalue weighted by molar-refractivity contribution is 6.05. The molecule has 0 radical (unpaired) electrons. The van der Waals surface area contributed by atoms with Crippen LogP contribution in [-0.2, 0) is 20.8 Å². The maximum atomic E-state index is 13.1. The van der Waals surface area contributed by atoms with Crippen LogP contribution >= 0.6 is 0 Å². The lowest BCUT2D eigenvalue weighted by atomic mass is 9.76. The number of benzene rings is 1. The molecule has 1 aromatic carbocycles. The Labute approximate surface area is 199 Å². The quantitative estimate of drug-likeness (QED) is 0.637. The average molecular weight is 469 g/mol. The van der Waals surface area contributed by atoms with E-state index in [1.165, 1.54) is 4.90 Å². The predicted octanol–water partition coefficient (Wildman–Crippen LogP) is 1.41. The minimum absolute atomic E-state index is 0.0175. The standard InChI is InChI=1S/C25H32N4O5/c1-34-19-7-5-16(6-8-19)9-10-28-24(32)20(26-25(28)33)12-23(31)27-13-17-11-18(15-27)21-3-2-4-22(30)29(21)14-17/h5-8,17-18,20-21H,2-4,9-15H2,1H3,(H,26,33)/t17-,18+,20?,21?/m1/s1. The third-order valence-electron chi connectivity index (χ3n) is 7.80. The molecule has 4 fully saturated rings. The fourth-order valence-corrected chi connectivity index (χ4v) is 6.08. The number of nitrogens with one attached hydrogen (secondary N) is 1. The number of likely N-dealkylation sites (tertiary alicyclic amines) is 1. The van der Waals surface area contributed by atoms with Crippen LogP contribution in [0.3, 0.4) is 0 Å². The number of imide groups is 1. The number of carbonyl (C=O) groups excluding carboxylic acids is 4. The maximum absolute atomic E-state index is 13.1. The van der Waals surface area contributed by atoms with Crippen molar-refractivity contribution in [2.45, 2.75) is 50.6 Å². The number of methoxy groups -OCH3 is 1. The van der Waals surface area contributed by atoms with Gasteiger partial charge in [0.05, 0.1) is 13.5 Å². The highest BCUT2D eigenvalue weighted by Gasteiger charge is 2.46. The van der Waals surface area contributed by atoms with Crippen LogP contribution in [0.25, 0.3) is 0 Å². The Kier molecular flexibility index (Phi) is 6.18. The number of hydrogen-bond acceptors (Lipinski definition) is 5. The van der Waals surface area contributed by atoms with Crippen molar-refractivity contribution in [2.75, 3.05) is 33.3 Å². The van der Waals surface area contributed by atoms with Gasteiger partial charge in [-0.3, -0.25) is 19.3 Å². The van der Waals surface area contributed by atoms with Crippen molar-refractivity contribution in [3.63, 3.8) is 0 Å². The van der Waals surface area contributed by atoms with Gasteiger partial charge >= 0.3 is 6.03 Å². The summed E-state index contributed by atoms with van der Waals surface area (Å²) < 4.78 is 5.16. The molecule has 9 heteroatoms. The smallest absolute Gasteiger partial charge is 0.324 e. The summed E-state index contributed by atoms with van der Waals surface area (Å²) in [6.45, 7) is 2.23. The molecular formula is C25H32N4O5. The Bertz CT molecular complexity index is 980. The molecule has 4 aliphatic rings. The topological polar surface area (TPSA) is 99.3 Å². The molecule has 4 heterocycles. The van der Waals surface area contributed by atoms with E-state index in [0.29, 0.717) is 31.8 Å². The first-order valence-corrected chi connectivity index (χ1v) is 12.2. The van der Waals surface area contributed by atoms with Gasteiger partial charge in [-0.2, -0.15) is 0 Å². The summed E-state index contributed by atoms with van der Waals surface area (Å²) in [7, 11) is 1.60. The fraction of sp³-hybridized carbons (Fsp3) is 0.600. The van der Waals surface area contributed by atoms with Crippen molar-refractivity contribution in [1.29, 1.82) is 0 Å². The second-order valence-electron chi connectivity index (χ2n) is 9.96.